The molecule has 1 aromatic heterocycles. The highest BCUT2D eigenvalue weighted by Gasteiger charge is 2.45. The van der Waals surface area contributed by atoms with Crippen LogP contribution < -0.4 is 15.5 Å². The van der Waals surface area contributed by atoms with Gasteiger partial charge in [0, 0.05) is 36.4 Å². The van der Waals surface area contributed by atoms with Crippen molar-refractivity contribution in [2.24, 2.45) is 11.8 Å². The Morgan fingerprint density at radius 3 is 2.36 bits per heavy atom. The Morgan fingerprint density at radius 1 is 0.981 bits per heavy atom. The summed E-state index contributed by atoms with van der Waals surface area (Å²) in [7, 11) is 0. The van der Waals surface area contributed by atoms with E-state index in [0.29, 0.717) is 29.6 Å². The number of hydrogen-bond acceptors (Lipinski definition) is 9. The molecule has 1 aliphatic carbocycles. The number of anilines is 3. The van der Waals surface area contributed by atoms with E-state index >= 15 is 4.39 Å². The maximum atomic E-state index is 15.3. The third kappa shape index (κ3) is 6.89. The second-order valence-electron chi connectivity index (χ2n) is 14.2. The summed E-state index contributed by atoms with van der Waals surface area (Å²) in [5.41, 5.74) is 6.21. The SMILES string of the molecule is Cc1ccc(-c2c(C)noc2C)cc1N(CC1CCC(CNc2cc3c(cc2F)C(=O)N(C2CCC(=O)NC2=O)C3=O)CC1)c1ccc(C#N)c(Cl)c1. The number of nitriles is 1. The van der Waals surface area contributed by atoms with E-state index in [1.807, 2.05) is 26.0 Å². The first kappa shape index (κ1) is 35.8. The van der Waals surface area contributed by atoms with Crippen molar-refractivity contribution < 1.29 is 28.1 Å². The quantitative estimate of drug-likeness (QED) is 0.168. The van der Waals surface area contributed by atoms with Crippen molar-refractivity contribution in [3.63, 3.8) is 0 Å². The predicted molar refractivity (Wildman–Crippen MR) is 196 cm³/mol. The monoisotopic (exact) mass is 736 g/mol. The molecule has 1 saturated heterocycles. The van der Waals surface area contributed by atoms with Crippen LogP contribution in [0.4, 0.5) is 21.5 Å². The summed E-state index contributed by atoms with van der Waals surface area (Å²) >= 11 is 6.54. The van der Waals surface area contributed by atoms with Crippen LogP contribution in [0.3, 0.4) is 0 Å². The van der Waals surface area contributed by atoms with Crippen LogP contribution in [0.25, 0.3) is 11.1 Å². The van der Waals surface area contributed by atoms with E-state index in [9.17, 15) is 24.4 Å². The molecule has 2 N–H and O–H groups in total. The number of aryl methyl sites for hydroxylation is 3. The molecule has 2 aliphatic heterocycles. The average Bonchev–Trinajstić information content (AvgIpc) is 3.59. The number of aromatic nitrogens is 1. The van der Waals surface area contributed by atoms with Gasteiger partial charge in [0.1, 0.15) is 23.7 Å². The first-order valence-electron chi connectivity index (χ1n) is 17.7. The molecule has 1 unspecified atom stereocenters. The fraction of sp³-hybridized carbons (Fsp3) is 0.350. The lowest BCUT2D eigenvalue weighted by Gasteiger charge is -2.35. The van der Waals surface area contributed by atoms with Crippen LogP contribution in [0.15, 0.2) is 53.1 Å². The second kappa shape index (κ2) is 14.5. The fourth-order valence-corrected chi connectivity index (χ4v) is 8.03. The molecule has 0 radical (unpaired) electrons. The Hall–Kier alpha value is -5.54. The Bertz CT molecular complexity index is 2180. The number of hydrogen-bond donors (Lipinski definition) is 2. The van der Waals surface area contributed by atoms with Crippen LogP contribution in [0, 0.1) is 49.8 Å². The lowest BCUT2D eigenvalue weighted by atomic mass is 9.81. The number of halogens is 2. The van der Waals surface area contributed by atoms with Crippen LogP contribution in [0.5, 0.6) is 0 Å². The van der Waals surface area contributed by atoms with Gasteiger partial charge in [-0.1, -0.05) is 28.9 Å². The van der Waals surface area contributed by atoms with Gasteiger partial charge in [-0.3, -0.25) is 29.4 Å². The van der Waals surface area contributed by atoms with E-state index in [2.05, 4.69) is 51.9 Å². The number of nitrogens with zero attached hydrogens (tertiary/aromatic N) is 4. The van der Waals surface area contributed by atoms with E-state index in [1.54, 1.807) is 6.07 Å². The largest absolute Gasteiger partial charge is 0.382 e. The van der Waals surface area contributed by atoms with Crippen LogP contribution in [-0.4, -0.2) is 52.8 Å². The van der Waals surface area contributed by atoms with Gasteiger partial charge in [0.2, 0.25) is 11.8 Å². The highest BCUT2D eigenvalue weighted by molar-refractivity contribution is 6.32. The van der Waals surface area contributed by atoms with Crippen LogP contribution in [0.2, 0.25) is 5.02 Å². The van der Waals surface area contributed by atoms with Crippen LogP contribution in [-0.2, 0) is 9.59 Å². The highest BCUT2D eigenvalue weighted by Crippen LogP contribution is 2.39. The minimum absolute atomic E-state index is 0.00527. The summed E-state index contributed by atoms with van der Waals surface area (Å²) in [6.07, 6.45) is 3.67. The molecular formula is C40H38ClFN6O5. The van der Waals surface area contributed by atoms with Gasteiger partial charge in [-0.2, -0.15) is 5.26 Å². The molecular weight excluding hydrogens is 699 g/mol. The van der Waals surface area contributed by atoms with Gasteiger partial charge in [0.15, 0.2) is 0 Å². The van der Waals surface area contributed by atoms with Gasteiger partial charge in [-0.05, 0) is 112 Å². The predicted octanol–water partition coefficient (Wildman–Crippen LogP) is 7.39. The fourth-order valence-electron chi connectivity index (χ4n) is 7.81. The van der Waals surface area contributed by atoms with Gasteiger partial charge in [0.25, 0.3) is 11.8 Å². The van der Waals surface area contributed by atoms with Crippen molar-refractivity contribution in [1.29, 1.82) is 5.26 Å². The first-order chi connectivity index (χ1) is 25.4. The normalized spacial score (nSPS) is 19.9. The van der Waals surface area contributed by atoms with E-state index in [4.69, 9.17) is 16.1 Å². The van der Waals surface area contributed by atoms with Crippen molar-refractivity contribution in [3.8, 4) is 17.2 Å². The van der Waals surface area contributed by atoms with Crippen molar-refractivity contribution in [3.05, 3.63) is 93.1 Å². The van der Waals surface area contributed by atoms with Crippen molar-refractivity contribution in [2.45, 2.75) is 65.3 Å². The van der Waals surface area contributed by atoms with Crippen molar-refractivity contribution in [1.82, 2.24) is 15.4 Å². The van der Waals surface area contributed by atoms with E-state index in [0.717, 1.165) is 76.2 Å². The molecule has 3 aliphatic rings. The number of benzene rings is 3. The summed E-state index contributed by atoms with van der Waals surface area (Å²) < 4.78 is 20.7. The molecule has 3 aromatic carbocycles. The number of piperidine rings is 1. The molecule has 272 valence electrons. The number of carbonyl (C=O) groups excluding carboxylic acids is 4. The molecule has 7 rings (SSSR count). The minimum Gasteiger partial charge on any atom is -0.382 e. The first-order valence-corrected chi connectivity index (χ1v) is 18.1. The van der Waals surface area contributed by atoms with Gasteiger partial charge < -0.3 is 14.7 Å². The van der Waals surface area contributed by atoms with E-state index < -0.39 is 35.5 Å². The Morgan fingerprint density at radius 2 is 1.70 bits per heavy atom. The topological polar surface area (TPSA) is 149 Å². The average molecular weight is 737 g/mol. The lowest BCUT2D eigenvalue weighted by molar-refractivity contribution is -0.136. The summed E-state index contributed by atoms with van der Waals surface area (Å²) in [6, 6.07) is 15.2. The van der Waals surface area contributed by atoms with Crippen molar-refractivity contribution in [2.75, 3.05) is 23.3 Å². The zero-order valence-electron chi connectivity index (χ0n) is 29.6. The molecule has 2 fully saturated rings. The van der Waals surface area contributed by atoms with E-state index in [-0.39, 0.29) is 35.6 Å². The smallest absolute Gasteiger partial charge is 0.262 e. The van der Waals surface area contributed by atoms with E-state index in [1.165, 1.54) is 6.07 Å². The molecule has 53 heavy (non-hydrogen) atoms. The number of rotatable bonds is 9. The van der Waals surface area contributed by atoms with Gasteiger partial charge in [-0.15, -0.1) is 0 Å². The van der Waals surface area contributed by atoms with Gasteiger partial charge in [0.05, 0.1) is 33.1 Å². The van der Waals surface area contributed by atoms with Gasteiger partial charge in [-0.25, -0.2) is 4.39 Å². The third-order valence-electron chi connectivity index (χ3n) is 10.7. The summed E-state index contributed by atoms with van der Waals surface area (Å²) in [4.78, 5) is 53.5. The molecule has 0 spiro atoms. The molecule has 0 bridgehead atoms. The number of carbonyl (C=O) groups is 4. The standard InChI is InChI=1S/C40H38ClFN6O5/c1-21-4-9-26(37-22(2)46-53-23(37)3)14-35(21)47(28-11-10-27(18-43)31(41)15-28)20-25-7-5-24(6-8-25)19-44-33-17-30-29(16-32(33)42)39(51)48(40(30)52)34-12-13-36(49)45-38(34)50/h4,9-11,14-17,24-25,34,44H,5-8,12-13,19-20H2,1-3H3,(H,45,49,50). The summed E-state index contributed by atoms with van der Waals surface area (Å²) in [6.45, 7) is 7.09. The van der Waals surface area contributed by atoms with Crippen LogP contribution >= 0.6 is 11.6 Å². The number of amides is 4. The summed E-state index contributed by atoms with van der Waals surface area (Å²) in [5.74, 6) is -1.93. The molecule has 4 amide bonds. The summed E-state index contributed by atoms with van der Waals surface area (Å²) in [5, 5.41) is 19.4. The highest BCUT2D eigenvalue weighted by atomic mass is 35.5. The maximum absolute atomic E-state index is 15.3. The zero-order chi connectivity index (χ0) is 37.6. The Balaban J connectivity index is 1.04. The number of nitrogens with one attached hydrogen (secondary N) is 2. The van der Waals surface area contributed by atoms with Gasteiger partial charge >= 0.3 is 0 Å². The minimum atomic E-state index is -1.12. The van der Waals surface area contributed by atoms with Crippen LogP contribution in [0.1, 0.15) is 81.8 Å². The molecule has 3 heterocycles. The molecule has 4 aromatic rings. The molecule has 13 heteroatoms. The second-order valence-corrected chi connectivity index (χ2v) is 14.6. The maximum Gasteiger partial charge on any atom is 0.262 e. The Kier molecular flexibility index (Phi) is 9.79. The molecule has 1 atom stereocenters. The lowest BCUT2D eigenvalue weighted by Crippen LogP contribution is -2.54. The van der Waals surface area contributed by atoms with Crippen molar-refractivity contribution >= 4 is 52.3 Å². The molecule has 1 saturated carbocycles. The Labute approximate surface area is 311 Å². The zero-order valence-corrected chi connectivity index (χ0v) is 30.3. The third-order valence-corrected chi connectivity index (χ3v) is 11.0. The number of fused-ring (bicyclic) bond motifs is 1. The molecule has 11 nitrogen and oxygen atoms in total. The number of imide groups is 2.